The van der Waals surface area contributed by atoms with Crippen LogP contribution in [-0.2, 0) is 0 Å². The van der Waals surface area contributed by atoms with Crippen LogP contribution in [0.15, 0.2) is 36.5 Å². The molecule has 7 nitrogen and oxygen atoms in total. The standard InChI is InChI=1S/C13H10N2O5/c1-8-6-9(15(18)19)2-3-12(8)20-10-4-5-14-11(7-10)13(16)17/h2-7H,1H3,(H,16,17). The Morgan fingerprint density at radius 2 is 2.10 bits per heavy atom. The molecule has 1 aromatic carbocycles. The number of nitro benzene ring substituents is 1. The number of hydrogen-bond donors (Lipinski definition) is 1. The third kappa shape index (κ3) is 2.89. The summed E-state index contributed by atoms with van der Waals surface area (Å²) >= 11 is 0. The van der Waals surface area contributed by atoms with Gasteiger partial charge in [0.25, 0.3) is 5.69 Å². The Balaban J connectivity index is 2.28. The molecular formula is C13H10N2O5. The van der Waals surface area contributed by atoms with Crippen molar-refractivity contribution >= 4 is 11.7 Å². The number of aromatic carboxylic acids is 1. The van der Waals surface area contributed by atoms with Gasteiger partial charge < -0.3 is 9.84 Å². The summed E-state index contributed by atoms with van der Waals surface area (Å²) in [4.78, 5) is 24.6. The van der Waals surface area contributed by atoms with E-state index >= 15 is 0 Å². The molecule has 0 aliphatic heterocycles. The van der Waals surface area contributed by atoms with Crippen LogP contribution in [-0.4, -0.2) is 21.0 Å². The van der Waals surface area contributed by atoms with Crippen molar-refractivity contribution < 1.29 is 19.6 Å². The van der Waals surface area contributed by atoms with Crippen LogP contribution in [0.4, 0.5) is 5.69 Å². The second kappa shape index (κ2) is 5.35. The van der Waals surface area contributed by atoms with Crippen LogP contribution in [0.25, 0.3) is 0 Å². The van der Waals surface area contributed by atoms with Crippen molar-refractivity contribution in [3.8, 4) is 11.5 Å². The van der Waals surface area contributed by atoms with Gasteiger partial charge in [-0.3, -0.25) is 10.1 Å². The Bertz CT molecular complexity index is 684. The highest BCUT2D eigenvalue weighted by atomic mass is 16.6. The van der Waals surface area contributed by atoms with Crippen LogP contribution < -0.4 is 4.74 Å². The van der Waals surface area contributed by atoms with Gasteiger partial charge in [-0.1, -0.05) is 0 Å². The number of pyridine rings is 1. The molecule has 0 spiro atoms. The summed E-state index contributed by atoms with van der Waals surface area (Å²) in [5, 5.41) is 19.5. The number of aromatic nitrogens is 1. The van der Waals surface area contributed by atoms with E-state index in [2.05, 4.69) is 4.98 Å². The summed E-state index contributed by atoms with van der Waals surface area (Å²) in [6.07, 6.45) is 1.32. The van der Waals surface area contributed by atoms with Crippen LogP contribution in [0, 0.1) is 17.0 Å². The molecule has 1 heterocycles. The fraction of sp³-hybridized carbons (Fsp3) is 0.0769. The number of carboxylic acid groups (broad SMARTS) is 1. The number of carboxylic acids is 1. The lowest BCUT2D eigenvalue weighted by Crippen LogP contribution is -2.00. The van der Waals surface area contributed by atoms with E-state index < -0.39 is 10.9 Å². The second-order valence-electron chi connectivity index (χ2n) is 3.99. The Labute approximate surface area is 113 Å². The van der Waals surface area contributed by atoms with E-state index in [4.69, 9.17) is 9.84 Å². The Morgan fingerprint density at radius 3 is 2.70 bits per heavy atom. The number of carbonyl (C=O) groups is 1. The van der Waals surface area contributed by atoms with Crippen LogP contribution in [0.1, 0.15) is 16.1 Å². The lowest BCUT2D eigenvalue weighted by atomic mass is 10.2. The van der Waals surface area contributed by atoms with Gasteiger partial charge in [0.2, 0.25) is 0 Å². The smallest absolute Gasteiger partial charge is 0.354 e. The Hall–Kier alpha value is -2.96. The van der Waals surface area contributed by atoms with Crippen molar-refractivity contribution in [2.24, 2.45) is 0 Å². The van der Waals surface area contributed by atoms with Gasteiger partial charge in [-0.25, -0.2) is 9.78 Å². The van der Waals surface area contributed by atoms with Gasteiger partial charge >= 0.3 is 5.97 Å². The zero-order valence-corrected chi connectivity index (χ0v) is 10.4. The normalized spacial score (nSPS) is 10.1. The number of nitrogens with zero attached hydrogens (tertiary/aromatic N) is 2. The summed E-state index contributed by atoms with van der Waals surface area (Å²) in [5.41, 5.74) is 0.408. The predicted molar refractivity (Wildman–Crippen MR) is 69.1 cm³/mol. The molecule has 0 amide bonds. The summed E-state index contributed by atoms with van der Waals surface area (Å²) in [6.45, 7) is 1.67. The van der Waals surface area contributed by atoms with Gasteiger partial charge in [0.1, 0.15) is 11.5 Å². The third-order valence-electron chi connectivity index (χ3n) is 2.55. The van der Waals surface area contributed by atoms with Crippen molar-refractivity contribution in [1.29, 1.82) is 0 Å². The molecule has 20 heavy (non-hydrogen) atoms. The molecular weight excluding hydrogens is 264 g/mol. The molecule has 0 bridgehead atoms. The first kappa shape index (κ1) is 13.5. The average molecular weight is 274 g/mol. The molecule has 0 aliphatic rings. The SMILES string of the molecule is Cc1cc([N+](=O)[O-])ccc1Oc1ccnc(C(=O)O)c1. The maximum Gasteiger partial charge on any atom is 0.354 e. The second-order valence-corrected chi connectivity index (χ2v) is 3.99. The van der Waals surface area contributed by atoms with Crippen LogP contribution in [0.2, 0.25) is 0 Å². The van der Waals surface area contributed by atoms with E-state index in [1.54, 1.807) is 6.92 Å². The van der Waals surface area contributed by atoms with Gasteiger partial charge in [0, 0.05) is 24.4 Å². The quantitative estimate of drug-likeness (QED) is 0.679. The number of nitro groups is 1. The Morgan fingerprint density at radius 1 is 1.35 bits per heavy atom. The van der Waals surface area contributed by atoms with Crippen molar-refractivity contribution in [1.82, 2.24) is 4.98 Å². The number of aryl methyl sites for hydroxylation is 1. The maximum atomic E-state index is 10.8. The van der Waals surface area contributed by atoms with Crippen molar-refractivity contribution in [2.45, 2.75) is 6.92 Å². The zero-order valence-electron chi connectivity index (χ0n) is 10.4. The third-order valence-corrected chi connectivity index (χ3v) is 2.55. The molecule has 0 saturated heterocycles. The largest absolute Gasteiger partial charge is 0.477 e. The number of rotatable bonds is 4. The molecule has 102 valence electrons. The highest BCUT2D eigenvalue weighted by Crippen LogP contribution is 2.28. The van der Waals surface area contributed by atoms with Gasteiger partial charge in [-0.2, -0.15) is 0 Å². The highest BCUT2D eigenvalue weighted by molar-refractivity contribution is 5.85. The molecule has 0 aliphatic carbocycles. The number of hydrogen-bond acceptors (Lipinski definition) is 5. The van der Waals surface area contributed by atoms with E-state index in [1.165, 1.54) is 36.5 Å². The van der Waals surface area contributed by atoms with Gasteiger partial charge in [-0.05, 0) is 24.6 Å². The first-order chi connectivity index (χ1) is 9.47. The first-order valence-electron chi connectivity index (χ1n) is 5.59. The number of non-ortho nitro benzene ring substituents is 1. The van der Waals surface area contributed by atoms with Crippen LogP contribution >= 0.6 is 0 Å². The predicted octanol–water partition coefficient (Wildman–Crippen LogP) is 2.79. The van der Waals surface area contributed by atoms with E-state index in [0.29, 0.717) is 17.1 Å². The minimum absolute atomic E-state index is 0.0317. The number of benzene rings is 1. The van der Waals surface area contributed by atoms with E-state index in [9.17, 15) is 14.9 Å². The molecule has 1 N–H and O–H groups in total. The highest BCUT2D eigenvalue weighted by Gasteiger charge is 2.11. The topological polar surface area (TPSA) is 103 Å². The minimum Gasteiger partial charge on any atom is -0.477 e. The lowest BCUT2D eigenvalue weighted by molar-refractivity contribution is -0.384. The first-order valence-corrected chi connectivity index (χ1v) is 5.59. The van der Waals surface area contributed by atoms with Crippen LogP contribution in [0.5, 0.6) is 11.5 Å². The Kier molecular flexibility index (Phi) is 3.60. The van der Waals surface area contributed by atoms with Gasteiger partial charge in [-0.15, -0.1) is 0 Å². The van der Waals surface area contributed by atoms with Crippen molar-refractivity contribution in [3.63, 3.8) is 0 Å². The molecule has 2 rings (SSSR count). The molecule has 1 aromatic heterocycles. The average Bonchev–Trinajstić information content (AvgIpc) is 2.41. The molecule has 7 heteroatoms. The van der Waals surface area contributed by atoms with E-state index in [1.807, 2.05) is 0 Å². The molecule has 0 atom stereocenters. The fourth-order valence-corrected chi connectivity index (χ4v) is 1.58. The van der Waals surface area contributed by atoms with Crippen molar-refractivity contribution in [2.75, 3.05) is 0 Å². The zero-order chi connectivity index (χ0) is 14.7. The summed E-state index contributed by atoms with van der Waals surface area (Å²) in [5.74, 6) is -0.441. The van der Waals surface area contributed by atoms with Gasteiger partial charge in [0.05, 0.1) is 4.92 Å². The number of ether oxygens (including phenoxy) is 1. The van der Waals surface area contributed by atoms with Crippen LogP contribution in [0.3, 0.4) is 0 Å². The van der Waals surface area contributed by atoms with Gasteiger partial charge in [0.15, 0.2) is 5.69 Å². The summed E-state index contributed by atoms with van der Waals surface area (Å²) in [7, 11) is 0. The van der Waals surface area contributed by atoms with E-state index in [0.717, 1.165) is 0 Å². The molecule has 0 fully saturated rings. The van der Waals surface area contributed by atoms with Crippen molar-refractivity contribution in [3.05, 3.63) is 57.9 Å². The minimum atomic E-state index is -1.16. The molecule has 0 saturated carbocycles. The molecule has 0 unspecified atom stereocenters. The van der Waals surface area contributed by atoms with E-state index in [-0.39, 0.29) is 11.4 Å². The molecule has 0 radical (unpaired) electrons. The fourth-order valence-electron chi connectivity index (χ4n) is 1.58. The maximum absolute atomic E-state index is 10.8. The lowest BCUT2D eigenvalue weighted by Gasteiger charge is -2.08. The molecule has 2 aromatic rings. The summed E-state index contributed by atoms with van der Waals surface area (Å²) < 4.78 is 5.51. The monoisotopic (exact) mass is 274 g/mol. The summed E-state index contributed by atoms with van der Waals surface area (Å²) in [6, 6.07) is 6.96.